The number of carbonyl (C=O) groups is 3. The Hall–Kier alpha value is -3.15. The number of nitrogens with zero attached hydrogens (tertiary/aromatic N) is 1. The van der Waals surface area contributed by atoms with Crippen LogP contribution in [0.3, 0.4) is 0 Å². The third-order valence-electron chi connectivity index (χ3n) is 3.74. The van der Waals surface area contributed by atoms with Crippen LogP contribution in [0.4, 0.5) is 4.79 Å². The number of carbonyl (C=O) groups excluding carboxylic acids is 3. The molecule has 1 saturated heterocycles. The molecule has 1 heterocycles. The van der Waals surface area contributed by atoms with E-state index in [2.05, 4.69) is 5.32 Å². The molecule has 0 spiro atoms. The highest BCUT2D eigenvalue weighted by molar-refractivity contribution is 6.31. The number of hydrogen-bond acceptors (Lipinski definition) is 4. The van der Waals surface area contributed by atoms with Crippen molar-refractivity contribution < 1.29 is 19.1 Å². The number of fused-ring (bicyclic) bond motifs is 1. The molecule has 0 aliphatic carbocycles. The molecule has 0 bridgehead atoms. The highest BCUT2D eigenvalue weighted by Crippen LogP contribution is 2.30. The van der Waals surface area contributed by atoms with Gasteiger partial charge < -0.3 is 4.74 Å². The largest absolute Gasteiger partial charge is 0.496 e. The minimum atomic E-state index is -0.734. The van der Waals surface area contributed by atoms with Gasteiger partial charge in [0.05, 0.1) is 7.11 Å². The molecule has 2 aromatic carbocycles. The highest BCUT2D eigenvalue weighted by Gasteiger charge is 2.33. The number of ether oxygens (including phenoxy) is 1. The Bertz CT molecular complexity index is 870. The summed E-state index contributed by atoms with van der Waals surface area (Å²) in [6.07, 6.45) is 1.46. The van der Waals surface area contributed by atoms with E-state index in [4.69, 9.17) is 4.74 Å². The van der Waals surface area contributed by atoms with Crippen LogP contribution in [0.5, 0.6) is 5.75 Å². The van der Waals surface area contributed by atoms with Crippen molar-refractivity contribution in [1.82, 2.24) is 10.2 Å². The molecule has 1 aliphatic heterocycles. The predicted octanol–water partition coefficient (Wildman–Crippen LogP) is 1.94. The fraction of sp³-hybridized carbons (Fsp3) is 0.118. The van der Waals surface area contributed by atoms with Crippen LogP contribution in [0, 0.1) is 0 Å². The van der Waals surface area contributed by atoms with Gasteiger partial charge in [0.15, 0.2) is 0 Å². The SMILES string of the molecule is COc1ccc2ccccc2c1C=C1C(=O)NC(=O)N(C)C1=O. The third-order valence-corrected chi connectivity index (χ3v) is 3.74. The minimum Gasteiger partial charge on any atom is -0.496 e. The van der Waals surface area contributed by atoms with E-state index in [1.165, 1.54) is 20.2 Å². The summed E-state index contributed by atoms with van der Waals surface area (Å²) >= 11 is 0. The monoisotopic (exact) mass is 310 g/mol. The van der Waals surface area contributed by atoms with E-state index >= 15 is 0 Å². The van der Waals surface area contributed by atoms with Crippen LogP contribution >= 0.6 is 0 Å². The molecule has 23 heavy (non-hydrogen) atoms. The number of hydrogen-bond donors (Lipinski definition) is 1. The molecule has 116 valence electrons. The number of likely N-dealkylation sites (N-methyl/N-ethyl adjacent to an activating group) is 1. The van der Waals surface area contributed by atoms with E-state index in [1.54, 1.807) is 6.07 Å². The van der Waals surface area contributed by atoms with Crippen molar-refractivity contribution in [2.45, 2.75) is 0 Å². The normalized spacial score (nSPS) is 16.9. The summed E-state index contributed by atoms with van der Waals surface area (Å²) < 4.78 is 5.35. The van der Waals surface area contributed by atoms with E-state index < -0.39 is 17.8 Å². The van der Waals surface area contributed by atoms with E-state index in [-0.39, 0.29) is 5.57 Å². The Labute approximate surface area is 132 Å². The zero-order chi connectivity index (χ0) is 16.6. The van der Waals surface area contributed by atoms with Crippen molar-refractivity contribution >= 4 is 34.7 Å². The van der Waals surface area contributed by atoms with E-state index in [0.717, 1.165) is 15.7 Å². The predicted molar refractivity (Wildman–Crippen MR) is 84.8 cm³/mol. The molecule has 1 aliphatic rings. The van der Waals surface area contributed by atoms with Crippen LogP contribution < -0.4 is 10.1 Å². The lowest BCUT2D eigenvalue weighted by molar-refractivity contribution is -0.129. The molecule has 0 aromatic heterocycles. The summed E-state index contributed by atoms with van der Waals surface area (Å²) in [6, 6.07) is 10.5. The van der Waals surface area contributed by atoms with Gasteiger partial charge in [0, 0.05) is 12.6 Å². The number of nitrogens with one attached hydrogen (secondary N) is 1. The van der Waals surface area contributed by atoms with Crippen LogP contribution in [0.2, 0.25) is 0 Å². The van der Waals surface area contributed by atoms with Gasteiger partial charge in [-0.15, -0.1) is 0 Å². The van der Waals surface area contributed by atoms with Crippen molar-refractivity contribution in [2.75, 3.05) is 14.2 Å². The lowest BCUT2D eigenvalue weighted by Crippen LogP contribution is -2.52. The lowest BCUT2D eigenvalue weighted by atomic mass is 10.00. The zero-order valence-corrected chi connectivity index (χ0v) is 12.6. The molecule has 0 radical (unpaired) electrons. The van der Waals surface area contributed by atoms with Crippen LogP contribution in [0.1, 0.15) is 5.56 Å². The van der Waals surface area contributed by atoms with Gasteiger partial charge in [0.2, 0.25) is 0 Å². The van der Waals surface area contributed by atoms with Crippen LogP contribution in [0.25, 0.3) is 16.8 Å². The van der Waals surface area contributed by atoms with Gasteiger partial charge in [-0.25, -0.2) is 4.79 Å². The molecule has 4 amide bonds. The van der Waals surface area contributed by atoms with Crippen LogP contribution in [-0.2, 0) is 9.59 Å². The van der Waals surface area contributed by atoms with E-state index in [9.17, 15) is 14.4 Å². The summed E-state index contributed by atoms with van der Waals surface area (Å²) in [5.41, 5.74) is 0.508. The standard InChI is InChI=1S/C17H14N2O4/c1-19-16(21)13(15(20)18-17(19)22)9-12-11-6-4-3-5-10(11)7-8-14(12)23-2/h3-9H,1-2H3,(H,18,20,22). The smallest absolute Gasteiger partial charge is 0.331 e. The minimum absolute atomic E-state index is 0.109. The van der Waals surface area contributed by atoms with Crippen LogP contribution in [-0.4, -0.2) is 36.9 Å². The summed E-state index contributed by atoms with van der Waals surface area (Å²) in [6.45, 7) is 0. The quantitative estimate of drug-likeness (QED) is 0.679. The molecule has 6 nitrogen and oxygen atoms in total. The van der Waals surface area contributed by atoms with E-state index in [0.29, 0.717) is 11.3 Å². The fourth-order valence-electron chi connectivity index (χ4n) is 2.49. The van der Waals surface area contributed by atoms with Crippen molar-refractivity contribution in [2.24, 2.45) is 0 Å². The van der Waals surface area contributed by atoms with Crippen LogP contribution in [0.15, 0.2) is 42.0 Å². The molecule has 0 saturated carbocycles. The van der Waals surface area contributed by atoms with Gasteiger partial charge in [-0.2, -0.15) is 0 Å². The average molecular weight is 310 g/mol. The number of methoxy groups -OCH3 is 1. The van der Waals surface area contributed by atoms with Gasteiger partial charge in [0.1, 0.15) is 11.3 Å². The molecule has 1 N–H and O–H groups in total. The first-order valence-electron chi connectivity index (χ1n) is 6.93. The fourth-order valence-corrected chi connectivity index (χ4v) is 2.49. The number of imide groups is 2. The maximum atomic E-state index is 12.2. The Morgan fingerprint density at radius 3 is 2.57 bits per heavy atom. The van der Waals surface area contributed by atoms with Gasteiger partial charge in [-0.05, 0) is 22.9 Å². The topological polar surface area (TPSA) is 75.7 Å². The molecule has 6 heteroatoms. The number of urea groups is 1. The number of rotatable bonds is 2. The summed E-state index contributed by atoms with van der Waals surface area (Å²) in [7, 11) is 2.84. The second-order valence-electron chi connectivity index (χ2n) is 5.08. The van der Waals surface area contributed by atoms with Gasteiger partial charge in [0.25, 0.3) is 11.8 Å². The first-order valence-corrected chi connectivity index (χ1v) is 6.93. The first-order chi connectivity index (χ1) is 11.0. The summed E-state index contributed by atoms with van der Waals surface area (Å²) in [5, 5.41) is 3.93. The number of amides is 4. The number of benzene rings is 2. The second kappa shape index (κ2) is 5.57. The molecular weight excluding hydrogens is 296 g/mol. The molecular formula is C17H14N2O4. The number of barbiturate groups is 1. The molecule has 2 aromatic rings. The third kappa shape index (κ3) is 2.44. The van der Waals surface area contributed by atoms with Crippen molar-refractivity contribution in [3.8, 4) is 5.75 Å². The van der Waals surface area contributed by atoms with Gasteiger partial charge in [-0.3, -0.25) is 19.8 Å². The van der Waals surface area contributed by atoms with Gasteiger partial charge in [-0.1, -0.05) is 30.3 Å². The zero-order valence-electron chi connectivity index (χ0n) is 12.6. The maximum absolute atomic E-state index is 12.2. The second-order valence-corrected chi connectivity index (χ2v) is 5.08. The van der Waals surface area contributed by atoms with Gasteiger partial charge >= 0.3 is 6.03 Å². The average Bonchev–Trinajstić information content (AvgIpc) is 2.56. The Morgan fingerprint density at radius 2 is 1.83 bits per heavy atom. The summed E-state index contributed by atoms with van der Waals surface area (Å²) in [4.78, 5) is 36.6. The summed E-state index contributed by atoms with van der Waals surface area (Å²) in [5.74, 6) is -0.821. The van der Waals surface area contributed by atoms with Crippen molar-refractivity contribution in [3.05, 3.63) is 47.5 Å². The first kappa shape index (κ1) is 14.8. The molecule has 0 unspecified atom stereocenters. The van der Waals surface area contributed by atoms with Crippen molar-refractivity contribution in [1.29, 1.82) is 0 Å². The molecule has 3 rings (SSSR count). The maximum Gasteiger partial charge on any atom is 0.331 e. The lowest BCUT2D eigenvalue weighted by Gasteiger charge is -2.22. The Balaban J connectivity index is 2.22. The van der Waals surface area contributed by atoms with Crippen molar-refractivity contribution in [3.63, 3.8) is 0 Å². The Kier molecular flexibility index (Phi) is 3.57. The Morgan fingerprint density at radius 1 is 1.09 bits per heavy atom. The highest BCUT2D eigenvalue weighted by atomic mass is 16.5. The van der Waals surface area contributed by atoms with E-state index in [1.807, 2.05) is 30.3 Å². The molecule has 1 fully saturated rings. The molecule has 0 atom stereocenters.